The average molecular weight is 285 g/mol. The molecule has 0 spiro atoms. The second-order valence-corrected chi connectivity index (χ2v) is 5.14. The number of methoxy groups -OCH3 is 2. The Morgan fingerprint density at radius 2 is 2.15 bits per heavy atom. The van der Waals surface area contributed by atoms with Crippen LogP contribution >= 0.6 is 0 Å². The van der Waals surface area contributed by atoms with Crippen molar-refractivity contribution in [1.29, 1.82) is 0 Å². The third-order valence-electron chi connectivity index (χ3n) is 4.19. The molecule has 0 aromatic heterocycles. The Morgan fingerprint density at radius 3 is 2.65 bits per heavy atom. The van der Waals surface area contributed by atoms with E-state index < -0.39 is 29.1 Å². The molecule has 0 saturated carbocycles. The lowest BCUT2D eigenvalue weighted by molar-refractivity contribution is -0.259. The summed E-state index contributed by atoms with van der Waals surface area (Å²) in [5, 5.41) is 0. The van der Waals surface area contributed by atoms with Crippen LogP contribution in [0.2, 0.25) is 0 Å². The van der Waals surface area contributed by atoms with Gasteiger partial charge < -0.3 is 18.9 Å². The Balaban J connectivity index is 2.54. The minimum absolute atomic E-state index is 0.00373. The maximum atomic E-state index is 12.2. The molecule has 2 rings (SSSR count). The standard InChI is InChI=1S/C13H19NO6/c1-6-7-13(9(15)17-4)8-19-11(2)12(3,18-5)20-10(16)14(11)13/h6H,1,7-8H2,2-5H3/t11-,12+,13-/m0/s1. The molecule has 0 unspecified atom stereocenters. The van der Waals surface area contributed by atoms with Crippen molar-refractivity contribution in [3.05, 3.63) is 12.7 Å². The minimum Gasteiger partial charge on any atom is -0.467 e. The van der Waals surface area contributed by atoms with Gasteiger partial charge in [-0.25, -0.2) is 9.59 Å². The van der Waals surface area contributed by atoms with Gasteiger partial charge in [0.2, 0.25) is 5.72 Å². The molecule has 0 N–H and O–H groups in total. The summed E-state index contributed by atoms with van der Waals surface area (Å²) in [7, 11) is 2.68. The van der Waals surface area contributed by atoms with E-state index in [1.54, 1.807) is 19.9 Å². The third-order valence-corrected chi connectivity index (χ3v) is 4.19. The first kappa shape index (κ1) is 14.8. The van der Waals surface area contributed by atoms with Crippen molar-refractivity contribution in [2.45, 2.75) is 37.3 Å². The van der Waals surface area contributed by atoms with Crippen LogP contribution in [0.3, 0.4) is 0 Å². The number of carbonyl (C=O) groups excluding carboxylic acids is 2. The van der Waals surface area contributed by atoms with Gasteiger partial charge >= 0.3 is 12.1 Å². The molecule has 2 aliphatic rings. The summed E-state index contributed by atoms with van der Waals surface area (Å²) in [5.41, 5.74) is -2.49. The van der Waals surface area contributed by atoms with E-state index in [9.17, 15) is 9.59 Å². The van der Waals surface area contributed by atoms with Gasteiger partial charge in [-0.1, -0.05) is 6.08 Å². The van der Waals surface area contributed by atoms with Crippen LogP contribution < -0.4 is 0 Å². The molecule has 0 radical (unpaired) electrons. The zero-order valence-electron chi connectivity index (χ0n) is 12.1. The van der Waals surface area contributed by atoms with Crippen molar-refractivity contribution in [3.63, 3.8) is 0 Å². The van der Waals surface area contributed by atoms with Crippen LogP contribution in [0.4, 0.5) is 4.79 Å². The second kappa shape index (κ2) is 4.46. The first-order chi connectivity index (χ1) is 9.31. The molecule has 112 valence electrons. The maximum absolute atomic E-state index is 12.2. The van der Waals surface area contributed by atoms with Crippen molar-refractivity contribution in [2.75, 3.05) is 20.8 Å². The first-order valence-corrected chi connectivity index (χ1v) is 6.23. The molecule has 2 heterocycles. The predicted octanol–water partition coefficient (Wildman–Crippen LogP) is 1.04. The number of amides is 1. The van der Waals surface area contributed by atoms with Crippen LogP contribution in [0.15, 0.2) is 12.7 Å². The molecule has 0 aromatic rings. The number of esters is 1. The summed E-state index contributed by atoms with van der Waals surface area (Å²) >= 11 is 0. The summed E-state index contributed by atoms with van der Waals surface area (Å²) in [6, 6.07) is 0. The van der Waals surface area contributed by atoms with E-state index in [-0.39, 0.29) is 13.0 Å². The third kappa shape index (κ3) is 1.53. The number of fused-ring (bicyclic) bond motifs is 1. The fourth-order valence-corrected chi connectivity index (χ4v) is 2.83. The summed E-state index contributed by atoms with van der Waals surface area (Å²) in [5.74, 6) is -1.88. The number of carbonyl (C=O) groups is 2. The van der Waals surface area contributed by atoms with Gasteiger partial charge in [0.05, 0.1) is 13.7 Å². The van der Waals surface area contributed by atoms with Crippen LogP contribution in [0.1, 0.15) is 20.3 Å². The zero-order valence-corrected chi connectivity index (χ0v) is 12.1. The largest absolute Gasteiger partial charge is 0.467 e. The minimum atomic E-state index is -1.30. The topological polar surface area (TPSA) is 74.3 Å². The van der Waals surface area contributed by atoms with Gasteiger partial charge in [0, 0.05) is 20.5 Å². The Morgan fingerprint density at radius 1 is 1.50 bits per heavy atom. The summed E-state index contributed by atoms with van der Waals surface area (Å²) < 4.78 is 21.1. The fourth-order valence-electron chi connectivity index (χ4n) is 2.83. The number of cyclic esters (lactones) is 1. The number of nitrogens with zero attached hydrogens (tertiary/aromatic N) is 1. The number of rotatable bonds is 4. The summed E-state index contributed by atoms with van der Waals surface area (Å²) in [6.07, 6.45) is 1.06. The molecule has 20 heavy (non-hydrogen) atoms. The molecule has 0 bridgehead atoms. The van der Waals surface area contributed by atoms with E-state index >= 15 is 0 Å². The average Bonchev–Trinajstić information content (AvgIpc) is 2.83. The van der Waals surface area contributed by atoms with E-state index in [0.29, 0.717) is 0 Å². The fraction of sp³-hybridized carbons (Fsp3) is 0.692. The second-order valence-electron chi connectivity index (χ2n) is 5.14. The first-order valence-electron chi connectivity index (χ1n) is 6.23. The number of ether oxygens (including phenoxy) is 4. The van der Waals surface area contributed by atoms with Crippen molar-refractivity contribution < 1.29 is 28.5 Å². The SMILES string of the molecule is C=CC[C@@]1(C(=O)OC)CO[C@]2(C)N1C(=O)O[C@@]2(C)OC. The van der Waals surface area contributed by atoms with Crippen LogP contribution in [0, 0.1) is 0 Å². The van der Waals surface area contributed by atoms with Crippen molar-refractivity contribution in [1.82, 2.24) is 4.90 Å². The van der Waals surface area contributed by atoms with Gasteiger partial charge in [0.15, 0.2) is 5.54 Å². The highest BCUT2D eigenvalue weighted by molar-refractivity contribution is 5.88. The number of hydrogen-bond donors (Lipinski definition) is 0. The highest BCUT2D eigenvalue weighted by Crippen LogP contribution is 2.50. The van der Waals surface area contributed by atoms with Crippen LogP contribution in [0.5, 0.6) is 0 Å². The molecular weight excluding hydrogens is 266 g/mol. The Hall–Kier alpha value is -1.60. The molecule has 2 fully saturated rings. The molecule has 0 aliphatic carbocycles. The lowest BCUT2D eigenvalue weighted by atomic mass is 9.93. The van der Waals surface area contributed by atoms with Crippen molar-refractivity contribution >= 4 is 12.1 Å². The smallest absolute Gasteiger partial charge is 0.416 e. The van der Waals surface area contributed by atoms with Crippen LogP contribution in [0.25, 0.3) is 0 Å². The normalized spacial score (nSPS) is 39.4. The lowest BCUT2D eigenvalue weighted by Gasteiger charge is -2.37. The zero-order chi connectivity index (χ0) is 15.2. The van der Waals surface area contributed by atoms with Crippen molar-refractivity contribution in [3.8, 4) is 0 Å². The van der Waals surface area contributed by atoms with Crippen LogP contribution in [-0.2, 0) is 23.7 Å². The van der Waals surface area contributed by atoms with E-state index in [1.165, 1.54) is 19.1 Å². The molecule has 0 aromatic carbocycles. The van der Waals surface area contributed by atoms with E-state index in [4.69, 9.17) is 18.9 Å². The molecular formula is C13H19NO6. The highest BCUT2D eigenvalue weighted by Gasteiger charge is 2.73. The molecule has 2 aliphatic heterocycles. The molecule has 7 nitrogen and oxygen atoms in total. The van der Waals surface area contributed by atoms with E-state index in [1.807, 2.05) is 0 Å². The maximum Gasteiger partial charge on any atom is 0.416 e. The monoisotopic (exact) mass is 285 g/mol. The Labute approximate surface area is 117 Å². The summed E-state index contributed by atoms with van der Waals surface area (Å²) in [4.78, 5) is 25.7. The van der Waals surface area contributed by atoms with E-state index in [2.05, 4.69) is 6.58 Å². The van der Waals surface area contributed by atoms with Crippen molar-refractivity contribution in [2.24, 2.45) is 0 Å². The lowest BCUT2D eigenvalue weighted by Crippen LogP contribution is -2.61. The van der Waals surface area contributed by atoms with Crippen LogP contribution in [-0.4, -0.2) is 54.8 Å². The molecule has 1 amide bonds. The Kier molecular flexibility index (Phi) is 3.30. The van der Waals surface area contributed by atoms with Gasteiger partial charge in [-0.15, -0.1) is 6.58 Å². The molecule has 7 heteroatoms. The van der Waals surface area contributed by atoms with Gasteiger partial charge in [-0.2, -0.15) is 0 Å². The molecule has 3 atom stereocenters. The molecule has 2 saturated heterocycles. The van der Waals surface area contributed by atoms with Gasteiger partial charge in [0.25, 0.3) is 5.79 Å². The van der Waals surface area contributed by atoms with Gasteiger partial charge in [0.1, 0.15) is 0 Å². The predicted molar refractivity (Wildman–Crippen MR) is 67.7 cm³/mol. The summed E-state index contributed by atoms with van der Waals surface area (Å²) in [6.45, 7) is 6.86. The van der Waals surface area contributed by atoms with E-state index in [0.717, 1.165) is 0 Å². The highest BCUT2D eigenvalue weighted by atomic mass is 16.8. The Bertz CT molecular complexity index is 466. The quantitative estimate of drug-likeness (QED) is 0.567. The van der Waals surface area contributed by atoms with Gasteiger partial charge in [-0.05, 0) is 6.92 Å². The number of hydrogen-bond acceptors (Lipinski definition) is 6. The van der Waals surface area contributed by atoms with Gasteiger partial charge in [-0.3, -0.25) is 4.90 Å².